The molecule has 2 fully saturated rings. The summed E-state index contributed by atoms with van der Waals surface area (Å²) in [7, 11) is 0. The highest BCUT2D eigenvalue weighted by Gasteiger charge is 2.35. The fourth-order valence-corrected chi connectivity index (χ4v) is 4.59. The van der Waals surface area contributed by atoms with Gasteiger partial charge in [-0.15, -0.1) is 24.8 Å². The number of hydrogen-bond acceptors (Lipinski definition) is 5. The van der Waals surface area contributed by atoms with Crippen LogP contribution in [0.5, 0.6) is 0 Å². The van der Waals surface area contributed by atoms with Gasteiger partial charge in [-0.05, 0) is 63.2 Å². The zero-order valence-electron chi connectivity index (χ0n) is 18.4. The van der Waals surface area contributed by atoms with Crippen LogP contribution in [-0.4, -0.2) is 61.8 Å². The van der Waals surface area contributed by atoms with Crippen LogP contribution in [0.2, 0.25) is 0 Å². The Labute approximate surface area is 200 Å². The first-order chi connectivity index (χ1) is 14.5. The highest BCUT2D eigenvalue weighted by Crippen LogP contribution is 2.25. The molecule has 4 heterocycles. The second-order valence-electron chi connectivity index (χ2n) is 8.80. The van der Waals surface area contributed by atoms with Crippen molar-refractivity contribution in [2.75, 3.05) is 26.2 Å². The molecule has 0 aromatic carbocycles. The summed E-state index contributed by atoms with van der Waals surface area (Å²) < 4.78 is 3.55. The summed E-state index contributed by atoms with van der Waals surface area (Å²) in [6.45, 7) is 5.73. The summed E-state index contributed by atoms with van der Waals surface area (Å²) in [5.74, 6) is 0.188. The lowest BCUT2D eigenvalue weighted by Crippen LogP contribution is -2.49. The van der Waals surface area contributed by atoms with Gasteiger partial charge in [-0.1, -0.05) is 0 Å². The highest BCUT2D eigenvalue weighted by atomic mass is 35.5. The molecular formula is C22H33Cl2N5O3. The van der Waals surface area contributed by atoms with Crippen LogP contribution in [0.25, 0.3) is 0 Å². The topological polar surface area (TPSA) is 92.4 Å². The third-order valence-corrected chi connectivity index (χ3v) is 6.46. The number of hydrogen-bond donors (Lipinski definition) is 2. The van der Waals surface area contributed by atoms with Crippen LogP contribution < -0.4 is 10.9 Å². The van der Waals surface area contributed by atoms with E-state index in [1.165, 1.54) is 0 Å². The van der Waals surface area contributed by atoms with E-state index in [1.54, 1.807) is 22.0 Å². The smallest absolute Gasteiger partial charge is 0.263 e. The van der Waals surface area contributed by atoms with Crippen molar-refractivity contribution in [1.82, 2.24) is 24.3 Å². The van der Waals surface area contributed by atoms with Gasteiger partial charge < -0.3 is 24.5 Å². The average molecular weight is 486 g/mol. The molecule has 2 aromatic heterocycles. The molecule has 0 radical (unpaired) electrons. The molecule has 0 saturated carbocycles. The van der Waals surface area contributed by atoms with E-state index in [-0.39, 0.29) is 41.8 Å². The lowest BCUT2D eigenvalue weighted by Gasteiger charge is -2.38. The molecule has 0 bridgehead atoms. The van der Waals surface area contributed by atoms with E-state index in [2.05, 4.69) is 10.3 Å². The van der Waals surface area contributed by atoms with Crippen LogP contribution >= 0.6 is 24.8 Å². The van der Waals surface area contributed by atoms with Crippen molar-refractivity contribution in [3.8, 4) is 0 Å². The molecule has 0 aliphatic carbocycles. The van der Waals surface area contributed by atoms with Gasteiger partial charge in [0.15, 0.2) is 0 Å². The maximum absolute atomic E-state index is 13.2. The van der Waals surface area contributed by atoms with Crippen molar-refractivity contribution < 1.29 is 9.90 Å². The van der Waals surface area contributed by atoms with Gasteiger partial charge in [0, 0.05) is 38.2 Å². The van der Waals surface area contributed by atoms with Crippen molar-refractivity contribution in [3.63, 3.8) is 0 Å². The van der Waals surface area contributed by atoms with E-state index in [4.69, 9.17) is 0 Å². The highest BCUT2D eigenvalue weighted by molar-refractivity contribution is 5.95. The summed E-state index contributed by atoms with van der Waals surface area (Å²) in [4.78, 5) is 32.1. The van der Waals surface area contributed by atoms with E-state index in [1.807, 2.05) is 30.0 Å². The number of carbonyl (C=O) groups excluding carboxylic acids is 1. The Kier molecular flexibility index (Phi) is 9.33. The summed E-state index contributed by atoms with van der Waals surface area (Å²) in [5, 5.41) is 14.3. The number of aliphatic hydroxyl groups is 1. The molecule has 1 amide bonds. The van der Waals surface area contributed by atoms with E-state index in [0.29, 0.717) is 50.5 Å². The standard InChI is InChI=1S/C22H31N5O3.2ClH/c1-17-4-9-27(14-18-3-2-7-23-13-18)21(29)19(17)20(28)26-10-5-22(30,6-11-26)15-25-12-8-24-16-25;;/h4,8-9,12,16,18,23,30H,2-3,5-7,10-11,13-15H2,1H3;2*1H. The molecule has 1 unspecified atom stereocenters. The molecular weight excluding hydrogens is 453 g/mol. The van der Waals surface area contributed by atoms with Crippen molar-refractivity contribution in [1.29, 1.82) is 0 Å². The van der Waals surface area contributed by atoms with E-state index < -0.39 is 5.60 Å². The number of amides is 1. The zero-order valence-corrected chi connectivity index (χ0v) is 20.0. The van der Waals surface area contributed by atoms with Crippen molar-refractivity contribution in [2.24, 2.45) is 5.92 Å². The third kappa shape index (κ3) is 5.92. The van der Waals surface area contributed by atoms with E-state index in [0.717, 1.165) is 25.9 Å². The van der Waals surface area contributed by atoms with Crippen molar-refractivity contribution in [2.45, 2.75) is 51.3 Å². The Morgan fingerprint density at radius 2 is 2.03 bits per heavy atom. The molecule has 2 aliphatic rings. The van der Waals surface area contributed by atoms with Crippen LogP contribution in [-0.2, 0) is 13.1 Å². The number of carbonyl (C=O) groups is 1. The Balaban J connectivity index is 0.00000181. The number of likely N-dealkylation sites (tertiary alicyclic amines) is 1. The van der Waals surface area contributed by atoms with Gasteiger partial charge in [0.2, 0.25) is 0 Å². The predicted octanol–water partition coefficient (Wildman–Crippen LogP) is 1.86. The number of piperidine rings is 2. The Hall–Kier alpha value is -1.87. The average Bonchev–Trinajstić information content (AvgIpc) is 3.24. The van der Waals surface area contributed by atoms with Gasteiger partial charge in [0.1, 0.15) is 5.56 Å². The summed E-state index contributed by atoms with van der Waals surface area (Å²) >= 11 is 0. The number of halogens is 2. The lowest BCUT2D eigenvalue weighted by atomic mass is 9.90. The van der Waals surface area contributed by atoms with Gasteiger partial charge >= 0.3 is 0 Å². The summed E-state index contributed by atoms with van der Waals surface area (Å²) in [6, 6.07) is 1.87. The summed E-state index contributed by atoms with van der Waals surface area (Å²) in [6.07, 6.45) is 10.2. The number of nitrogens with one attached hydrogen (secondary N) is 1. The molecule has 10 heteroatoms. The normalized spacial score (nSPS) is 20.2. The third-order valence-electron chi connectivity index (χ3n) is 6.46. The second kappa shape index (κ2) is 11.3. The number of aryl methyl sites for hydroxylation is 1. The largest absolute Gasteiger partial charge is 0.388 e. The van der Waals surface area contributed by atoms with Gasteiger partial charge in [-0.2, -0.15) is 0 Å². The van der Waals surface area contributed by atoms with Gasteiger partial charge in [-0.25, -0.2) is 4.98 Å². The molecule has 2 saturated heterocycles. The molecule has 2 aromatic rings. The predicted molar refractivity (Wildman–Crippen MR) is 128 cm³/mol. The van der Waals surface area contributed by atoms with E-state index in [9.17, 15) is 14.7 Å². The first-order valence-electron chi connectivity index (χ1n) is 10.8. The minimum Gasteiger partial charge on any atom is -0.388 e. The van der Waals surface area contributed by atoms with E-state index >= 15 is 0 Å². The molecule has 1 atom stereocenters. The van der Waals surface area contributed by atoms with Crippen LogP contribution in [0.4, 0.5) is 0 Å². The minimum absolute atomic E-state index is 0. The molecule has 4 rings (SSSR count). The molecule has 32 heavy (non-hydrogen) atoms. The fourth-order valence-electron chi connectivity index (χ4n) is 4.59. The van der Waals surface area contributed by atoms with Crippen molar-refractivity contribution >= 4 is 30.7 Å². The number of rotatable bonds is 5. The molecule has 2 N–H and O–H groups in total. The maximum Gasteiger partial charge on any atom is 0.263 e. The van der Waals surface area contributed by atoms with Gasteiger partial charge in [0.25, 0.3) is 11.5 Å². The molecule has 178 valence electrons. The molecule has 0 spiro atoms. The summed E-state index contributed by atoms with van der Waals surface area (Å²) in [5.41, 5.74) is -0.0920. The van der Waals surface area contributed by atoms with Crippen LogP contribution in [0.3, 0.4) is 0 Å². The van der Waals surface area contributed by atoms with Crippen LogP contribution in [0.1, 0.15) is 41.6 Å². The Morgan fingerprint density at radius 3 is 2.66 bits per heavy atom. The number of aromatic nitrogens is 3. The minimum atomic E-state index is -0.864. The first-order valence-corrected chi connectivity index (χ1v) is 10.8. The Bertz CT molecular complexity index is 934. The first kappa shape index (κ1) is 26.4. The Morgan fingerprint density at radius 1 is 1.28 bits per heavy atom. The second-order valence-corrected chi connectivity index (χ2v) is 8.80. The molecule has 8 nitrogen and oxygen atoms in total. The van der Waals surface area contributed by atoms with Gasteiger partial charge in [-0.3, -0.25) is 9.59 Å². The number of imidazole rings is 1. The number of nitrogens with zero attached hydrogens (tertiary/aromatic N) is 4. The van der Waals surface area contributed by atoms with Gasteiger partial charge in [0.05, 0.1) is 18.5 Å². The zero-order chi connectivity index (χ0) is 21.1. The fraction of sp³-hybridized carbons (Fsp3) is 0.591. The number of pyridine rings is 1. The quantitative estimate of drug-likeness (QED) is 0.674. The monoisotopic (exact) mass is 485 g/mol. The van der Waals surface area contributed by atoms with Crippen molar-refractivity contribution in [3.05, 3.63) is 52.5 Å². The lowest BCUT2D eigenvalue weighted by molar-refractivity contribution is -0.0292. The maximum atomic E-state index is 13.2. The van der Waals surface area contributed by atoms with Crippen LogP contribution in [0.15, 0.2) is 35.8 Å². The molecule has 2 aliphatic heterocycles. The SMILES string of the molecule is Cc1ccn(CC2CCCNC2)c(=O)c1C(=O)N1CCC(O)(Cn2ccnc2)CC1.Cl.Cl. The van der Waals surface area contributed by atoms with Crippen LogP contribution in [0, 0.1) is 12.8 Å².